The SMILES string of the molecule is CN=C(NCC1(C)CCCC1)NCC1(CCOC)CCCC1. The molecule has 2 rings (SSSR count). The molecule has 0 aliphatic heterocycles. The fraction of sp³-hybridized carbons (Fsp3) is 0.944. The van der Waals surface area contributed by atoms with Crippen LogP contribution < -0.4 is 10.6 Å². The lowest BCUT2D eigenvalue weighted by molar-refractivity contribution is 0.138. The molecule has 128 valence electrons. The van der Waals surface area contributed by atoms with Gasteiger partial charge in [-0.3, -0.25) is 4.99 Å². The first-order chi connectivity index (χ1) is 10.6. The maximum Gasteiger partial charge on any atom is 0.191 e. The Hall–Kier alpha value is -0.770. The van der Waals surface area contributed by atoms with Gasteiger partial charge in [0.25, 0.3) is 0 Å². The summed E-state index contributed by atoms with van der Waals surface area (Å²) in [6.07, 6.45) is 11.9. The van der Waals surface area contributed by atoms with Gasteiger partial charge >= 0.3 is 0 Å². The molecule has 4 heteroatoms. The van der Waals surface area contributed by atoms with Gasteiger partial charge in [-0.05, 0) is 42.9 Å². The summed E-state index contributed by atoms with van der Waals surface area (Å²) in [5, 5.41) is 7.14. The summed E-state index contributed by atoms with van der Waals surface area (Å²) in [6.45, 7) is 5.33. The van der Waals surface area contributed by atoms with Gasteiger partial charge in [-0.25, -0.2) is 0 Å². The number of ether oxygens (including phenoxy) is 1. The Balaban J connectivity index is 1.79. The van der Waals surface area contributed by atoms with Gasteiger partial charge in [0.2, 0.25) is 0 Å². The maximum absolute atomic E-state index is 5.32. The van der Waals surface area contributed by atoms with Crippen molar-refractivity contribution in [1.82, 2.24) is 10.6 Å². The number of hydrogen-bond acceptors (Lipinski definition) is 2. The molecular weight excluding hydrogens is 274 g/mol. The predicted molar refractivity (Wildman–Crippen MR) is 93.3 cm³/mol. The van der Waals surface area contributed by atoms with E-state index in [2.05, 4.69) is 22.5 Å². The predicted octanol–water partition coefficient (Wildman–Crippen LogP) is 3.33. The van der Waals surface area contributed by atoms with E-state index in [0.29, 0.717) is 10.8 Å². The minimum absolute atomic E-state index is 0.408. The molecular formula is C18H35N3O. The molecule has 0 atom stereocenters. The third-order valence-electron chi connectivity index (χ3n) is 5.85. The number of aliphatic imine (C=N–C) groups is 1. The van der Waals surface area contributed by atoms with Gasteiger partial charge in [-0.1, -0.05) is 32.6 Å². The summed E-state index contributed by atoms with van der Waals surface area (Å²) < 4.78 is 5.32. The highest BCUT2D eigenvalue weighted by atomic mass is 16.5. The summed E-state index contributed by atoms with van der Waals surface area (Å²) in [4.78, 5) is 4.42. The lowest BCUT2D eigenvalue weighted by atomic mass is 9.83. The number of nitrogens with zero attached hydrogens (tertiary/aromatic N) is 1. The standard InChI is InChI=1S/C18H35N3O/c1-17(8-4-5-9-17)14-20-16(19-2)21-15-18(12-13-22-3)10-6-7-11-18/h4-15H2,1-3H3,(H2,19,20,21). The number of hydrogen-bond donors (Lipinski definition) is 2. The fourth-order valence-electron chi connectivity index (χ4n) is 4.15. The summed E-state index contributed by atoms with van der Waals surface area (Å²) >= 11 is 0. The Morgan fingerprint density at radius 1 is 1.00 bits per heavy atom. The van der Waals surface area contributed by atoms with E-state index >= 15 is 0 Å². The molecule has 2 aliphatic carbocycles. The van der Waals surface area contributed by atoms with Gasteiger partial charge in [-0.15, -0.1) is 0 Å². The number of rotatable bonds is 7. The highest BCUT2D eigenvalue weighted by Crippen LogP contribution is 2.40. The van der Waals surface area contributed by atoms with E-state index in [4.69, 9.17) is 4.74 Å². The average Bonchev–Trinajstić information content (AvgIpc) is 3.16. The van der Waals surface area contributed by atoms with Crippen LogP contribution in [0.3, 0.4) is 0 Å². The van der Waals surface area contributed by atoms with E-state index < -0.39 is 0 Å². The minimum Gasteiger partial charge on any atom is -0.385 e. The maximum atomic E-state index is 5.32. The molecule has 22 heavy (non-hydrogen) atoms. The Bertz CT molecular complexity index is 355. The molecule has 0 heterocycles. The van der Waals surface area contributed by atoms with Crippen LogP contribution in [0.4, 0.5) is 0 Å². The molecule has 0 unspecified atom stereocenters. The van der Waals surface area contributed by atoms with E-state index in [1.807, 2.05) is 7.05 Å². The van der Waals surface area contributed by atoms with Crippen LogP contribution in [-0.2, 0) is 4.74 Å². The smallest absolute Gasteiger partial charge is 0.191 e. The Morgan fingerprint density at radius 2 is 1.59 bits per heavy atom. The van der Waals surface area contributed by atoms with E-state index in [-0.39, 0.29) is 0 Å². The Labute approximate surface area is 136 Å². The first-order valence-corrected chi connectivity index (χ1v) is 9.05. The first-order valence-electron chi connectivity index (χ1n) is 9.05. The summed E-state index contributed by atoms with van der Waals surface area (Å²) in [6, 6.07) is 0. The monoisotopic (exact) mass is 309 g/mol. The second-order valence-electron chi connectivity index (χ2n) is 7.75. The quantitative estimate of drug-likeness (QED) is 0.560. The molecule has 0 saturated heterocycles. The molecule has 0 aromatic rings. The minimum atomic E-state index is 0.408. The van der Waals surface area contributed by atoms with E-state index in [0.717, 1.165) is 32.1 Å². The van der Waals surface area contributed by atoms with E-state index in [1.165, 1.54) is 51.4 Å². The van der Waals surface area contributed by atoms with Gasteiger partial charge in [0.1, 0.15) is 0 Å². The van der Waals surface area contributed by atoms with Crippen LogP contribution in [-0.4, -0.2) is 39.8 Å². The lowest BCUT2D eigenvalue weighted by Gasteiger charge is -2.31. The lowest BCUT2D eigenvalue weighted by Crippen LogP contribution is -2.46. The zero-order valence-corrected chi connectivity index (χ0v) is 14.8. The molecule has 2 N–H and O–H groups in total. The van der Waals surface area contributed by atoms with Gasteiger partial charge in [0, 0.05) is 33.9 Å². The van der Waals surface area contributed by atoms with Crippen LogP contribution in [0.15, 0.2) is 4.99 Å². The number of guanidine groups is 1. The van der Waals surface area contributed by atoms with Crippen molar-refractivity contribution in [1.29, 1.82) is 0 Å². The van der Waals surface area contributed by atoms with Crippen LogP contribution in [0.1, 0.15) is 64.7 Å². The molecule has 0 amide bonds. The molecule has 0 aromatic heterocycles. The van der Waals surface area contributed by atoms with Crippen LogP contribution in [0.25, 0.3) is 0 Å². The normalized spacial score (nSPS) is 23.7. The molecule has 4 nitrogen and oxygen atoms in total. The highest BCUT2D eigenvalue weighted by molar-refractivity contribution is 5.79. The van der Waals surface area contributed by atoms with Crippen LogP contribution >= 0.6 is 0 Å². The van der Waals surface area contributed by atoms with Crippen LogP contribution in [0.2, 0.25) is 0 Å². The molecule has 2 fully saturated rings. The second-order valence-corrected chi connectivity index (χ2v) is 7.75. The van der Waals surface area contributed by atoms with Crippen molar-refractivity contribution in [3.05, 3.63) is 0 Å². The van der Waals surface area contributed by atoms with Crippen LogP contribution in [0.5, 0.6) is 0 Å². The third kappa shape index (κ3) is 4.87. The van der Waals surface area contributed by atoms with Gasteiger partial charge in [-0.2, -0.15) is 0 Å². The fourth-order valence-corrected chi connectivity index (χ4v) is 4.15. The molecule has 0 aromatic carbocycles. The largest absolute Gasteiger partial charge is 0.385 e. The zero-order valence-electron chi connectivity index (χ0n) is 14.8. The molecule has 2 saturated carbocycles. The topological polar surface area (TPSA) is 45.7 Å². The molecule has 0 spiro atoms. The van der Waals surface area contributed by atoms with Gasteiger partial charge in [0.15, 0.2) is 5.96 Å². The van der Waals surface area contributed by atoms with E-state index in [9.17, 15) is 0 Å². The summed E-state index contributed by atoms with van der Waals surface area (Å²) in [5.74, 6) is 0.969. The third-order valence-corrected chi connectivity index (χ3v) is 5.85. The van der Waals surface area contributed by atoms with Crippen molar-refractivity contribution in [3.8, 4) is 0 Å². The molecule has 2 aliphatic rings. The highest BCUT2D eigenvalue weighted by Gasteiger charge is 2.34. The molecule has 0 bridgehead atoms. The average molecular weight is 309 g/mol. The Morgan fingerprint density at radius 3 is 2.18 bits per heavy atom. The number of nitrogens with one attached hydrogen (secondary N) is 2. The Kier molecular flexibility index (Phi) is 6.54. The van der Waals surface area contributed by atoms with Crippen molar-refractivity contribution in [2.75, 3.05) is 33.9 Å². The van der Waals surface area contributed by atoms with Crippen molar-refractivity contribution < 1.29 is 4.74 Å². The zero-order chi connectivity index (χ0) is 15.9. The van der Waals surface area contributed by atoms with Crippen molar-refractivity contribution in [2.24, 2.45) is 15.8 Å². The van der Waals surface area contributed by atoms with Gasteiger partial charge in [0.05, 0.1) is 0 Å². The summed E-state index contributed by atoms with van der Waals surface area (Å²) in [7, 11) is 3.68. The first kappa shape index (κ1) is 17.6. The second kappa shape index (κ2) is 8.19. The van der Waals surface area contributed by atoms with Crippen LogP contribution in [0, 0.1) is 10.8 Å². The van der Waals surface area contributed by atoms with Crippen molar-refractivity contribution in [3.63, 3.8) is 0 Å². The van der Waals surface area contributed by atoms with E-state index in [1.54, 1.807) is 7.11 Å². The number of methoxy groups -OCH3 is 1. The molecule has 0 radical (unpaired) electrons. The summed E-state index contributed by atoms with van der Waals surface area (Å²) in [5.41, 5.74) is 0.865. The van der Waals surface area contributed by atoms with Gasteiger partial charge < -0.3 is 15.4 Å². The van der Waals surface area contributed by atoms with Crippen molar-refractivity contribution in [2.45, 2.75) is 64.7 Å². The van der Waals surface area contributed by atoms with Crippen molar-refractivity contribution >= 4 is 5.96 Å².